The van der Waals surface area contributed by atoms with Crippen molar-refractivity contribution in [2.45, 2.75) is 31.3 Å². The minimum Gasteiger partial charge on any atom is -0.388 e. The van der Waals surface area contributed by atoms with Crippen molar-refractivity contribution in [2.75, 3.05) is 25.5 Å². The summed E-state index contributed by atoms with van der Waals surface area (Å²) >= 11 is 0. The summed E-state index contributed by atoms with van der Waals surface area (Å²) in [5.74, 6) is 0.582. The van der Waals surface area contributed by atoms with Gasteiger partial charge in [-0.3, -0.25) is 4.79 Å². The number of anilines is 1. The van der Waals surface area contributed by atoms with E-state index in [1.807, 2.05) is 19.0 Å². The van der Waals surface area contributed by atoms with Gasteiger partial charge in [0.2, 0.25) is 0 Å². The van der Waals surface area contributed by atoms with Crippen LogP contribution in [0.4, 0.5) is 5.82 Å². The van der Waals surface area contributed by atoms with E-state index >= 15 is 0 Å². The number of pyridine rings is 1. The van der Waals surface area contributed by atoms with Crippen LogP contribution in [0.2, 0.25) is 0 Å². The summed E-state index contributed by atoms with van der Waals surface area (Å²) in [5.41, 5.74) is -0.145. The molecule has 0 saturated heterocycles. The van der Waals surface area contributed by atoms with E-state index in [1.165, 1.54) is 0 Å². The van der Waals surface area contributed by atoms with Crippen LogP contribution in [-0.2, 0) is 0 Å². The molecular weight excluding hydrogens is 242 g/mol. The van der Waals surface area contributed by atoms with Crippen LogP contribution in [0.5, 0.6) is 0 Å². The van der Waals surface area contributed by atoms with Gasteiger partial charge >= 0.3 is 0 Å². The van der Waals surface area contributed by atoms with Crippen LogP contribution in [0.1, 0.15) is 36.0 Å². The first-order valence-corrected chi connectivity index (χ1v) is 6.64. The average Bonchev–Trinajstić information content (AvgIpc) is 2.83. The van der Waals surface area contributed by atoms with E-state index < -0.39 is 5.60 Å². The Labute approximate surface area is 113 Å². The number of nitrogens with one attached hydrogen (secondary N) is 1. The molecule has 0 unspecified atom stereocenters. The number of carbonyl (C=O) groups excluding carboxylic acids is 1. The van der Waals surface area contributed by atoms with Gasteiger partial charge in [0.1, 0.15) is 5.82 Å². The number of hydrogen-bond acceptors (Lipinski definition) is 4. The zero-order valence-electron chi connectivity index (χ0n) is 11.5. The molecule has 1 saturated carbocycles. The molecule has 0 aromatic carbocycles. The maximum absolute atomic E-state index is 12.0. The van der Waals surface area contributed by atoms with Crippen molar-refractivity contribution in [1.82, 2.24) is 10.3 Å². The van der Waals surface area contributed by atoms with Gasteiger partial charge in [0, 0.05) is 32.4 Å². The fraction of sp³-hybridized carbons (Fsp3) is 0.571. The summed E-state index contributed by atoms with van der Waals surface area (Å²) in [4.78, 5) is 18.1. The van der Waals surface area contributed by atoms with Gasteiger partial charge in [0.15, 0.2) is 0 Å². The lowest BCUT2D eigenvalue weighted by molar-refractivity contribution is 0.0449. The second-order valence-electron chi connectivity index (χ2n) is 5.41. The zero-order chi connectivity index (χ0) is 13.9. The first kappa shape index (κ1) is 13.8. The van der Waals surface area contributed by atoms with Crippen LogP contribution in [0.15, 0.2) is 18.3 Å². The molecule has 104 valence electrons. The molecule has 19 heavy (non-hydrogen) atoms. The molecular formula is C14H21N3O2. The van der Waals surface area contributed by atoms with Crippen LogP contribution >= 0.6 is 0 Å². The quantitative estimate of drug-likeness (QED) is 0.856. The van der Waals surface area contributed by atoms with E-state index in [0.717, 1.165) is 31.5 Å². The van der Waals surface area contributed by atoms with Crippen molar-refractivity contribution in [2.24, 2.45) is 0 Å². The van der Waals surface area contributed by atoms with Gasteiger partial charge in [-0.05, 0) is 25.0 Å². The van der Waals surface area contributed by atoms with Crippen LogP contribution in [0, 0.1) is 0 Å². The lowest BCUT2D eigenvalue weighted by atomic mass is 10.0. The van der Waals surface area contributed by atoms with Crippen molar-refractivity contribution in [1.29, 1.82) is 0 Å². The molecule has 1 aliphatic rings. The third-order valence-corrected chi connectivity index (χ3v) is 3.58. The van der Waals surface area contributed by atoms with Crippen molar-refractivity contribution in [3.63, 3.8) is 0 Å². The molecule has 1 aliphatic carbocycles. The minimum atomic E-state index is -0.715. The van der Waals surface area contributed by atoms with Crippen LogP contribution in [0.25, 0.3) is 0 Å². The summed E-state index contributed by atoms with van der Waals surface area (Å²) in [6.45, 7) is 0.325. The Balaban J connectivity index is 1.98. The molecule has 2 rings (SSSR count). The van der Waals surface area contributed by atoms with Gasteiger partial charge in [-0.25, -0.2) is 4.98 Å². The van der Waals surface area contributed by atoms with Gasteiger partial charge in [0.25, 0.3) is 5.91 Å². The third kappa shape index (κ3) is 3.44. The van der Waals surface area contributed by atoms with Crippen LogP contribution < -0.4 is 10.2 Å². The normalized spacial score (nSPS) is 17.2. The fourth-order valence-corrected chi connectivity index (χ4v) is 2.36. The lowest BCUT2D eigenvalue weighted by Gasteiger charge is -2.22. The Morgan fingerprint density at radius 2 is 2.16 bits per heavy atom. The Kier molecular flexibility index (Phi) is 4.04. The van der Waals surface area contributed by atoms with E-state index in [4.69, 9.17) is 0 Å². The number of aliphatic hydroxyl groups is 1. The number of rotatable bonds is 4. The Bertz CT molecular complexity index is 454. The SMILES string of the molecule is CN(C)c1cc(C(=O)NCC2(O)CCCC2)ccn1. The largest absolute Gasteiger partial charge is 0.388 e. The summed E-state index contributed by atoms with van der Waals surface area (Å²) in [5, 5.41) is 13.0. The first-order chi connectivity index (χ1) is 9.00. The number of aromatic nitrogens is 1. The highest BCUT2D eigenvalue weighted by Gasteiger charge is 2.31. The zero-order valence-corrected chi connectivity index (χ0v) is 11.5. The Morgan fingerprint density at radius 1 is 1.47 bits per heavy atom. The lowest BCUT2D eigenvalue weighted by Crippen LogP contribution is -2.40. The van der Waals surface area contributed by atoms with Crippen molar-refractivity contribution in [3.05, 3.63) is 23.9 Å². The maximum atomic E-state index is 12.0. The standard InChI is InChI=1S/C14H21N3O2/c1-17(2)12-9-11(5-8-15-12)13(18)16-10-14(19)6-3-4-7-14/h5,8-9,19H,3-4,6-7,10H2,1-2H3,(H,16,18). The molecule has 0 bridgehead atoms. The smallest absolute Gasteiger partial charge is 0.251 e. The molecule has 5 heteroatoms. The second-order valence-corrected chi connectivity index (χ2v) is 5.41. The summed E-state index contributed by atoms with van der Waals surface area (Å²) in [7, 11) is 3.76. The predicted molar refractivity (Wildman–Crippen MR) is 74.3 cm³/mol. The van der Waals surface area contributed by atoms with Crippen LogP contribution in [-0.4, -0.2) is 42.2 Å². The molecule has 1 aromatic rings. The van der Waals surface area contributed by atoms with Gasteiger partial charge < -0.3 is 15.3 Å². The van der Waals surface area contributed by atoms with Crippen LogP contribution in [0.3, 0.4) is 0 Å². The Morgan fingerprint density at radius 3 is 2.79 bits per heavy atom. The molecule has 5 nitrogen and oxygen atoms in total. The van der Waals surface area contributed by atoms with E-state index in [0.29, 0.717) is 12.1 Å². The highest BCUT2D eigenvalue weighted by atomic mass is 16.3. The number of hydrogen-bond donors (Lipinski definition) is 2. The summed E-state index contributed by atoms with van der Waals surface area (Å²) in [6.07, 6.45) is 5.23. The third-order valence-electron chi connectivity index (χ3n) is 3.58. The van der Waals surface area contributed by atoms with E-state index in [-0.39, 0.29) is 5.91 Å². The van der Waals surface area contributed by atoms with Crippen molar-refractivity contribution < 1.29 is 9.90 Å². The number of carbonyl (C=O) groups is 1. The van der Waals surface area contributed by atoms with E-state index in [1.54, 1.807) is 18.3 Å². The van der Waals surface area contributed by atoms with Crippen molar-refractivity contribution >= 4 is 11.7 Å². The van der Waals surface area contributed by atoms with Gasteiger partial charge in [-0.2, -0.15) is 0 Å². The molecule has 1 amide bonds. The molecule has 1 aromatic heterocycles. The first-order valence-electron chi connectivity index (χ1n) is 6.64. The van der Waals surface area contributed by atoms with Gasteiger partial charge in [-0.1, -0.05) is 12.8 Å². The molecule has 2 N–H and O–H groups in total. The minimum absolute atomic E-state index is 0.161. The molecule has 0 spiro atoms. The average molecular weight is 263 g/mol. The topological polar surface area (TPSA) is 65.5 Å². The highest BCUT2D eigenvalue weighted by molar-refractivity contribution is 5.94. The second kappa shape index (κ2) is 5.57. The monoisotopic (exact) mass is 263 g/mol. The summed E-state index contributed by atoms with van der Waals surface area (Å²) in [6, 6.07) is 3.43. The highest BCUT2D eigenvalue weighted by Crippen LogP contribution is 2.28. The summed E-state index contributed by atoms with van der Waals surface area (Å²) < 4.78 is 0. The van der Waals surface area contributed by atoms with Gasteiger partial charge in [-0.15, -0.1) is 0 Å². The van der Waals surface area contributed by atoms with E-state index in [9.17, 15) is 9.90 Å². The van der Waals surface area contributed by atoms with Gasteiger partial charge in [0.05, 0.1) is 5.60 Å². The molecule has 0 aliphatic heterocycles. The number of nitrogens with zero attached hydrogens (tertiary/aromatic N) is 2. The predicted octanol–water partition coefficient (Wildman–Crippen LogP) is 1.18. The maximum Gasteiger partial charge on any atom is 0.251 e. The molecule has 1 heterocycles. The molecule has 1 fully saturated rings. The number of amides is 1. The molecule has 0 atom stereocenters. The fourth-order valence-electron chi connectivity index (χ4n) is 2.36. The Hall–Kier alpha value is -1.62. The molecule has 0 radical (unpaired) electrons. The van der Waals surface area contributed by atoms with E-state index in [2.05, 4.69) is 10.3 Å². The van der Waals surface area contributed by atoms with Crippen molar-refractivity contribution in [3.8, 4) is 0 Å².